The first-order chi connectivity index (χ1) is 11.5. The zero-order chi connectivity index (χ0) is 17.1. The Bertz CT molecular complexity index is 530. The summed E-state index contributed by atoms with van der Waals surface area (Å²) >= 11 is 0. The van der Waals surface area contributed by atoms with E-state index < -0.39 is 12.4 Å². The van der Waals surface area contributed by atoms with Crippen LogP contribution in [0.25, 0.3) is 0 Å². The van der Waals surface area contributed by atoms with E-state index in [1.165, 1.54) is 50.7 Å². The Balaban J connectivity index is 1.55. The maximum atomic E-state index is 13.9. The predicted molar refractivity (Wildman–Crippen MR) is 88.9 cm³/mol. The summed E-state index contributed by atoms with van der Waals surface area (Å²) in [7, 11) is 0. The number of ether oxygens (including phenoxy) is 1. The van der Waals surface area contributed by atoms with Gasteiger partial charge in [-0.1, -0.05) is 25.8 Å². The van der Waals surface area contributed by atoms with E-state index >= 15 is 0 Å². The molecule has 134 valence electrons. The fraction of sp³-hybridized carbons (Fsp3) is 0.700. The van der Waals surface area contributed by atoms with Crippen LogP contribution in [-0.4, -0.2) is 6.61 Å². The summed E-state index contributed by atoms with van der Waals surface area (Å²) in [6.45, 7) is -0.637. The maximum Gasteiger partial charge on any atom is 0.387 e. The number of halogens is 3. The highest BCUT2D eigenvalue weighted by molar-refractivity contribution is 5.31. The summed E-state index contributed by atoms with van der Waals surface area (Å²) in [6, 6.07) is 4.46. The van der Waals surface area contributed by atoms with Crippen LogP contribution in [0.4, 0.5) is 13.2 Å². The third-order valence-corrected chi connectivity index (χ3v) is 6.14. The molecular formula is C20H27F3O. The Hall–Kier alpha value is -1.19. The molecule has 2 aliphatic rings. The minimum atomic E-state index is -2.99. The van der Waals surface area contributed by atoms with Crippen molar-refractivity contribution >= 4 is 0 Å². The van der Waals surface area contributed by atoms with E-state index in [4.69, 9.17) is 0 Å². The molecule has 0 saturated heterocycles. The Kier molecular flexibility index (Phi) is 5.72. The molecule has 0 unspecified atom stereocenters. The highest BCUT2D eigenvalue weighted by atomic mass is 19.3. The average molecular weight is 340 g/mol. The van der Waals surface area contributed by atoms with Crippen molar-refractivity contribution in [2.45, 2.75) is 70.8 Å². The van der Waals surface area contributed by atoms with Crippen LogP contribution in [0.5, 0.6) is 5.75 Å². The third-order valence-electron chi connectivity index (χ3n) is 6.14. The summed E-state index contributed by atoms with van der Waals surface area (Å²) in [6.07, 6.45) is 10.0. The van der Waals surface area contributed by atoms with Crippen LogP contribution >= 0.6 is 0 Å². The Morgan fingerprint density at radius 3 is 2.04 bits per heavy atom. The molecule has 0 N–H and O–H groups in total. The molecule has 0 radical (unpaired) electrons. The first-order valence-corrected chi connectivity index (χ1v) is 9.27. The van der Waals surface area contributed by atoms with Gasteiger partial charge in [0, 0.05) is 0 Å². The molecule has 24 heavy (non-hydrogen) atoms. The summed E-state index contributed by atoms with van der Waals surface area (Å²) in [5.41, 5.74) is 0.921. The van der Waals surface area contributed by atoms with Crippen LogP contribution in [0.3, 0.4) is 0 Å². The van der Waals surface area contributed by atoms with Crippen molar-refractivity contribution in [3.63, 3.8) is 0 Å². The van der Waals surface area contributed by atoms with Gasteiger partial charge in [0.05, 0.1) is 0 Å². The lowest BCUT2D eigenvalue weighted by atomic mass is 9.68. The van der Waals surface area contributed by atoms with Gasteiger partial charge in [0.2, 0.25) is 0 Å². The van der Waals surface area contributed by atoms with Gasteiger partial charge < -0.3 is 4.74 Å². The van der Waals surface area contributed by atoms with Crippen molar-refractivity contribution in [1.82, 2.24) is 0 Å². The van der Waals surface area contributed by atoms with Crippen LogP contribution in [0, 0.1) is 23.6 Å². The fourth-order valence-electron chi connectivity index (χ4n) is 4.64. The molecule has 1 nitrogen and oxygen atoms in total. The number of hydrogen-bond acceptors (Lipinski definition) is 1. The van der Waals surface area contributed by atoms with E-state index in [-0.39, 0.29) is 5.75 Å². The van der Waals surface area contributed by atoms with Gasteiger partial charge in [-0.15, -0.1) is 0 Å². The quantitative estimate of drug-likeness (QED) is 0.605. The van der Waals surface area contributed by atoms with Crippen molar-refractivity contribution in [2.24, 2.45) is 17.8 Å². The Morgan fingerprint density at radius 1 is 0.917 bits per heavy atom. The normalized spacial score (nSPS) is 31.2. The molecule has 0 spiro atoms. The molecule has 2 fully saturated rings. The molecule has 3 rings (SSSR count). The molecule has 0 aliphatic heterocycles. The molecule has 0 bridgehead atoms. The van der Waals surface area contributed by atoms with Crippen molar-refractivity contribution < 1.29 is 17.9 Å². The van der Waals surface area contributed by atoms with Gasteiger partial charge >= 0.3 is 6.61 Å². The summed E-state index contributed by atoms with van der Waals surface area (Å²) in [5.74, 6) is 1.88. The van der Waals surface area contributed by atoms with E-state index in [1.807, 2.05) is 0 Å². The second kappa shape index (κ2) is 7.79. The van der Waals surface area contributed by atoms with Crippen LogP contribution in [0.2, 0.25) is 0 Å². The SMILES string of the molecule is C[C@H]1CC[C@H]([C@H]2CC[C@H](c3ccc(OC(F)F)c(F)c3)CC2)CC1. The maximum absolute atomic E-state index is 13.9. The van der Waals surface area contributed by atoms with Gasteiger partial charge in [0.15, 0.2) is 11.6 Å². The van der Waals surface area contributed by atoms with E-state index in [0.717, 1.165) is 36.2 Å². The molecule has 0 aromatic heterocycles. The van der Waals surface area contributed by atoms with E-state index in [2.05, 4.69) is 11.7 Å². The lowest BCUT2D eigenvalue weighted by Gasteiger charge is -2.37. The molecule has 0 heterocycles. The van der Waals surface area contributed by atoms with Crippen LogP contribution in [-0.2, 0) is 0 Å². The van der Waals surface area contributed by atoms with Gasteiger partial charge in [0.1, 0.15) is 0 Å². The zero-order valence-electron chi connectivity index (χ0n) is 14.3. The van der Waals surface area contributed by atoms with Crippen LogP contribution in [0.1, 0.15) is 69.8 Å². The van der Waals surface area contributed by atoms with Crippen molar-refractivity contribution in [2.75, 3.05) is 0 Å². The molecule has 1 aromatic carbocycles. The summed E-state index contributed by atoms with van der Waals surface area (Å²) in [4.78, 5) is 0. The first-order valence-electron chi connectivity index (χ1n) is 9.27. The number of rotatable bonds is 4. The van der Waals surface area contributed by atoms with Gasteiger partial charge in [-0.25, -0.2) is 4.39 Å². The van der Waals surface area contributed by atoms with Crippen molar-refractivity contribution in [1.29, 1.82) is 0 Å². The monoisotopic (exact) mass is 340 g/mol. The summed E-state index contributed by atoms with van der Waals surface area (Å²) < 4.78 is 42.5. The predicted octanol–water partition coefficient (Wildman–Crippen LogP) is 6.53. The second-order valence-corrected chi connectivity index (χ2v) is 7.70. The van der Waals surface area contributed by atoms with Crippen molar-refractivity contribution in [3.05, 3.63) is 29.6 Å². The van der Waals surface area contributed by atoms with Gasteiger partial charge in [0.25, 0.3) is 0 Å². The molecule has 0 amide bonds. The van der Waals surface area contributed by atoms with Gasteiger partial charge in [-0.2, -0.15) is 8.78 Å². The third kappa shape index (κ3) is 4.25. The largest absolute Gasteiger partial charge is 0.432 e. The molecular weight excluding hydrogens is 313 g/mol. The standard InChI is InChI=1S/C20H27F3O/c1-13-2-4-14(5-3-13)15-6-8-16(9-7-15)17-10-11-19(18(21)12-17)24-20(22)23/h10-16,20H,2-9H2,1H3/t13-,14-,15-,16-. The second-order valence-electron chi connectivity index (χ2n) is 7.70. The molecule has 1 aromatic rings. The van der Waals surface area contributed by atoms with Crippen LogP contribution in [0.15, 0.2) is 18.2 Å². The molecule has 0 atom stereocenters. The van der Waals surface area contributed by atoms with Gasteiger partial charge in [-0.3, -0.25) is 0 Å². The average Bonchev–Trinajstić information content (AvgIpc) is 2.57. The molecule has 2 saturated carbocycles. The number of alkyl halides is 2. The minimum Gasteiger partial charge on any atom is -0.432 e. The van der Waals surface area contributed by atoms with Crippen LogP contribution < -0.4 is 4.74 Å². The molecule has 2 aliphatic carbocycles. The Morgan fingerprint density at radius 2 is 1.50 bits per heavy atom. The minimum absolute atomic E-state index is 0.346. The number of benzene rings is 1. The topological polar surface area (TPSA) is 9.23 Å². The smallest absolute Gasteiger partial charge is 0.387 e. The zero-order valence-corrected chi connectivity index (χ0v) is 14.3. The number of hydrogen-bond donors (Lipinski definition) is 0. The highest BCUT2D eigenvalue weighted by Crippen LogP contribution is 2.44. The fourth-order valence-corrected chi connectivity index (χ4v) is 4.64. The molecule has 4 heteroatoms. The summed E-state index contributed by atoms with van der Waals surface area (Å²) in [5, 5.41) is 0. The van der Waals surface area contributed by atoms with E-state index in [1.54, 1.807) is 6.07 Å². The Labute approximate surface area is 142 Å². The van der Waals surface area contributed by atoms with Gasteiger partial charge in [-0.05, 0) is 79.9 Å². The lowest BCUT2D eigenvalue weighted by molar-refractivity contribution is -0.0522. The highest BCUT2D eigenvalue weighted by Gasteiger charge is 2.30. The van der Waals surface area contributed by atoms with Crippen molar-refractivity contribution in [3.8, 4) is 5.75 Å². The van der Waals surface area contributed by atoms with E-state index in [9.17, 15) is 13.2 Å². The lowest BCUT2D eigenvalue weighted by Crippen LogP contribution is -2.24. The first kappa shape index (κ1) is 17.6. The van der Waals surface area contributed by atoms with E-state index in [0.29, 0.717) is 5.92 Å².